The van der Waals surface area contributed by atoms with Gasteiger partial charge >= 0.3 is 11.9 Å². The molecule has 3 aliphatic rings. The van der Waals surface area contributed by atoms with Crippen LogP contribution in [-0.4, -0.2) is 71.1 Å². The van der Waals surface area contributed by atoms with Gasteiger partial charge in [0.1, 0.15) is 24.8 Å². The fourth-order valence-corrected chi connectivity index (χ4v) is 9.16. The first-order chi connectivity index (χ1) is 26.4. The number of cyclic esters (lactones) is 1. The predicted molar refractivity (Wildman–Crippen MR) is 202 cm³/mol. The molecule has 7 rings (SSSR count). The fourth-order valence-electron chi connectivity index (χ4n) is 8.07. The minimum Gasteiger partial charge on any atom is -0.457 e. The fraction of sp³-hybridized carbons (Fsp3) is 0.425. The van der Waals surface area contributed by atoms with E-state index in [1.807, 2.05) is 58.0 Å². The maximum absolute atomic E-state index is 13.9. The van der Waals surface area contributed by atoms with Gasteiger partial charge in [0.05, 0.1) is 46.6 Å². The number of sulfonamides is 1. The van der Waals surface area contributed by atoms with Crippen molar-refractivity contribution in [2.24, 2.45) is 4.99 Å². The quantitative estimate of drug-likeness (QED) is 0.116. The number of pyridine rings is 2. The molecule has 16 heteroatoms. The second-order valence-electron chi connectivity index (χ2n) is 15.6. The van der Waals surface area contributed by atoms with Crippen LogP contribution in [0.4, 0.5) is 4.39 Å². The Kier molecular flexibility index (Phi) is 10.1. The number of benzene rings is 2. The molecule has 295 valence electrons. The highest BCUT2D eigenvalue weighted by Gasteiger charge is 2.51. The number of nitrogens with one attached hydrogen (secondary N) is 1. The van der Waals surface area contributed by atoms with Gasteiger partial charge in [-0.2, -0.15) is 0 Å². The number of aliphatic imine (C=N–C) groups is 1. The number of hydroxylamine groups is 2. The number of halogens is 1. The van der Waals surface area contributed by atoms with Crippen molar-refractivity contribution in [3.05, 3.63) is 93.5 Å². The normalized spacial score (nSPS) is 20.6. The highest BCUT2D eigenvalue weighted by atomic mass is 32.2. The summed E-state index contributed by atoms with van der Waals surface area (Å²) < 4.78 is 61.7. The van der Waals surface area contributed by atoms with Crippen LogP contribution in [0.1, 0.15) is 77.0 Å². The monoisotopic (exact) mass is 788 g/mol. The molecular weight excluding hydrogens is 746 g/mol. The van der Waals surface area contributed by atoms with E-state index in [2.05, 4.69) is 9.71 Å². The molecule has 4 aromatic rings. The smallest absolute Gasteiger partial charge is 0.355 e. The molecule has 1 atom stereocenters. The van der Waals surface area contributed by atoms with Gasteiger partial charge in [-0.05, 0) is 89.4 Å². The number of nitrogens with zero attached hydrogens (tertiary/aromatic N) is 4. The van der Waals surface area contributed by atoms with Crippen LogP contribution in [0.25, 0.3) is 22.3 Å². The Hall–Kier alpha value is -5.03. The van der Waals surface area contributed by atoms with Gasteiger partial charge in [-0.1, -0.05) is 25.1 Å². The number of para-hydroxylation sites is 1. The average molecular weight is 789 g/mol. The van der Waals surface area contributed by atoms with Gasteiger partial charge in [0.2, 0.25) is 5.60 Å². The minimum absolute atomic E-state index is 0.0199. The number of hydrogen-bond acceptors (Lipinski definition) is 11. The lowest BCUT2D eigenvalue weighted by molar-refractivity contribution is -0.301. The number of ether oxygens (including phenoxy) is 3. The highest BCUT2D eigenvalue weighted by molar-refractivity contribution is 7.90. The number of piperidine rings is 1. The van der Waals surface area contributed by atoms with Crippen LogP contribution in [-0.2, 0) is 57.8 Å². The van der Waals surface area contributed by atoms with Crippen molar-refractivity contribution in [1.82, 2.24) is 19.3 Å². The van der Waals surface area contributed by atoms with Gasteiger partial charge in [-0.3, -0.25) is 14.5 Å². The molecule has 1 saturated heterocycles. The third kappa shape index (κ3) is 7.22. The molecule has 0 unspecified atom stereocenters. The second-order valence-corrected chi connectivity index (χ2v) is 17.3. The summed E-state index contributed by atoms with van der Waals surface area (Å²) in [5.74, 6) is -2.64. The number of carbonyl (C=O) groups excluding carboxylic acids is 2. The van der Waals surface area contributed by atoms with Gasteiger partial charge in [-0.15, -0.1) is 10.3 Å². The first-order valence-electron chi connectivity index (χ1n) is 18.4. The Labute approximate surface area is 323 Å². The number of fused-ring (bicyclic) bond motifs is 5. The maximum atomic E-state index is 13.9. The summed E-state index contributed by atoms with van der Waals surface area (Å²) in [7, 11) is -4.29. The summed E-state index contributed by atoms with van der Waals surface area (Å²) in [6, 6.07) is 15.4. The molecule has 2 aromatic carbocycles. The standard InChI is InChI=1S/C40H43FN5O9S/c1-6-40(30-18-32-35-25(17-24-9-7-8-10-31(24)43-35)22-45(32)36(48)29(30)23-54-37(40)49)55-34(47)21-42-33(44-56(51,52)28-13-11-26(41)12-14-28)15-16-53-27-19-38(2,3)46(50)39(4,5)20-27/h7-14,17-18,27H,6,15-16,19-23H2,1-5H3,(H,42,44)/t40-/m0/s1. The molecule has 0 amide bonds. The summed E-state index contributed by atoms with van der Waals surface area (Å²) in [5.41, 5.74) is -0.840. The van der Waals surface area contributed by atoms with Crippen LogP contribution in [0.15, 0.2) is 75.3 Å². The molecule has 1 fully saturated rings. The molecule has 0 saturated carbocycles. The predicted octanol–water partition coefficient (Wildman–Crippen LogP) is 4.92. The lowest BCUT2D eigenvalue weighted by Gasteiger charge is -2.49. The zero-order valence-corrected chi connectivity index (χ0v) is 32.6. The number of esters is 2. The van der Waals surface area contributed by atoms with Crippen molar-refractivity contribution in [2.45, 2.75) is 101 Å². The molecule has 1 N–H and O–H groups in total. The van der Waals surface area contributed by atoms with E-state index in [0.29, 0.717) is 24.2 Å². The van der Waals surface area contributed by atoms with E-state index in [1.54, 1.807) is 17.6 Å². The van der Waals surface area contributed by atoms with Crippen molar-refractivity contribution in [3.63, 3.8) is 0 Å². The molecule has 56 heavy (non-hydrogen) atoms. The van der Waals surface area contributed by atoms with Crippen LogP contribution in [0, 0.1) is 5.82 Å². The first kappa shape index (κ1) is 39.2. The SMILES string of the molecule is CC[C@@]1(OC(=O)CN=C(CCOC2CC(C)(C)N([O])C(C)(C)C2)NS(=O)(=O)c2ccc(F)cc2)C(=O)OCc2c1cc1n(c2=O)Cc2cc3ccccc3nc2-1. The number of rotatable bonds is 10. The molecule has 0 aliphatic carbocycles. The van der Waals surface area contributed by atoms with Gasteiger partial charge in [0.25, 0.3) is 15.6 Å². The Morgan fingerprint density at radius 1 is 1.05 bits per heavy atom. The maximum Gasteiger partial charge on any atom is 0.355 e. The highest BCUT2D eigenvalue weighted by Crippen LogP contribution is 2.41. The Morgan fingerprint density at radius 3 is 2.45 bits per heavy atom. The topological polar surface area (TPSA) is 178 Å². The first-order valence-corrected chi connectivity index (χ1v) is 19.9. The minimum atomic E-state index is -4.29. The Bertz CT molecular complexity index is 2410. The van der Waals surface area contributed by atoms with E-state index in [-0.39, 0.29) is 60.6 Å². The van der Waals surface area contributed by atoms with E-state index in [1.165, 1.54) is 0 Å². The Morgan fingerprint density at radius 2 is 1.75 bits per heavy atom. The summed E-state index contributed by atoms with van der Waals surface area (Å²) in [6.45, 7) is 8.16. The number of amidine groups is 1. The van der Waals surface area contributed by atoms with Crippen LogP contribution in [0.5, 0.6) is 0 Å². The number of aromatic nitrogens is 2. The van der Waals surface area contributed by atoms with Crippen LogP contribution in [0.3, 0.4) is 0 Å². The zero-order valence-electron chi connectivity index (χ0n) is 31.8. The molecule has 14 nitrogen and oxygen atoms in total. The van der Waals surface area contributed by atoms with Gasteiger partial charge < -0.3 is 18.8 Å². The van der Waals surface area contributed by atoms with Gasteiger partial charge in [0, 0.05) is 34.0 Å². The summed E-state index contributed by atoms with van der Waals surface area (Å²) >= 11 is 0. The lowest BCUT2D eigenvalue weighted by atomic mass is 9.80. The van der Waals surface area contributed by atoms with Gasteiger partial charge in [0.15, 0.2) is 0 Å². The van der Waals surface area contributed by atoms with Crippen molar-refractivity contribution < 1.29 is 41.8 Å². The van der Waals surface area contributed by atoms with Crippen LogP contribution >= 0.6 is 0 Å². The molecule has 3 aliphatic heterocycles. The number of hydrogen-bond donors (Lipinski definition) is 1. The molecule has 0 bridgehead atoms. The van der Waals surface area contributed by atoms with Crippen molar-refractivity contribution >= 4 is 38.7 Å². The van der Waals surface area contributed by atoms with Crippen molar-refractivity contribution in [3.8, 4) is 11.4 Å². The number of carbonyl (C=O) groups is 2. The van der Waals surface area contributed by atoms with Gasteiger partial charge in [-0.25, -0.2) is 27.4 Å². The van der Waals surface area contributed by atoms with Crippen LogP contribution < -0.4 is 10.3 Å². The zero-order chi connectivity index (χ0) is 40.2. The molecule has 1 radical (unpaired) electrons. The third-order valence-electron chi connectivity index (χ3n) is 10.7. The largest absolute Gasteiger partial charge is 0.457 e. The third-order valence-corrected chi connectivity index (χ3v) is 12.1. The van der Waals surface area contributed by atoms with E-state index in [9.17, 15) is 32.4 Å². The molecule has 2 aromatic heterocycles. The van der Waals surface area contributed by atoms with E-state index in [4.69, 9.17) is 19.2 Å². The molecule has 5 heterocycles. The van der Waals surface area contributed by atoms with E-state index in [0.717, 1.165) is 45.8 Å². The van der Waals surface area contributed by atoms with Crippen LogP contribution in [0.2, 0.25) is 0 Å². The van der Waals surface area contributed by atoms with E-state index >= 15 is 0 Å². The lowest BCUT2D eigenvalue weighted by Crippen LogP contribution is -2.59. The summed E-state index contributed by atoms with van der Waals surface area (Å²) in [5, 5.41) is 14.8. The van der Waals surface area contributed by atoms with E-state index < -0.39 is 56.6 Å². The van der Waals surface area contributed by atoms with Crippen molar-refractivity contribution in [1.29, 1.82) is 0 Å². The van der Waals surface area contributed by atoms with Crippen molar-refractivity contribution in [2.75, 3.05) is 13.2 Å². The average Bonchev–Trinajstić information content (AvgIpc) is 3.50. The molecule has 0 spiro atoms. The molecular formula is C40H43FN5O9S. The summed E-state index contributed by atoms with van der Waals surface area (Å²) in [4.78, 5) is 50.0. The second kappa shape index (κ2) is 14.5. The summed E-state index contributed by atoms with van der Waals surface area (Å²) in [6.07, 6.45) is 0.365. The Balaban J connectivity index is 1.15.